The maximum absolute atomic E-state index is 12.2. The molecule has 21 heavy (non-hydrogen) atoms. The first-order chi connectivity index (χ1) is 9.88. The molecule has 2 rings (SSSR count). The zero-order valence-corrected chi connectivity index (χ0v) is 11.4. The van der Waals surface area contributed by atoms with Crippen molar-refractivity contribution >= 4 is 11.6 Å². The van der Waals surface area contributed by atoms with Crippen molar-refractivity contribution in [2.24, 2.45) is 0 Å². The van der Waals surface area contributed by atoms with E-state index in [2.05, 4.69) is 15.2 Å². The third-order valence-electron chi connectivity index (χ3n) is 2.79. The molecule has 0 radical (unpaired) electrons. The summed E-state index contributed by atoms with van der Waals surface area (Å²) in [6.07, 6.45) is 0. The summed E-state index contributed by atoms with van der Waals surface area (Å²) >= 11 is 0. The van der Waals surface area contributed by atoms with Crippen LogP contribution >= 0.6 is 0 Å². The topological polar surface area (TPSA) is 125 Å². The predicted octanol–water partition coefficient (Wildman–Crippen LogP) is 0.999. The molecule has 0 saturated carbocycles. The zero-order valence-electron chi connectivity index (χ0n) is 11.4. The number of hydrogen-bond donors (Lipinski definition) is 2. The number of rotatable bonds is 4. The molecule has 0 aliphatic carbocycles. The van der Waals surface area contributed by atoms with Crippen LogP contribution in [0, 0.1) is 17.0 Å². The predicted molar refractivity (Wildman–Crippen MR) is 71.7 cm³/mol. The van der Waals surface area contributed by atoms with Gasteiger partial charge in [0.15, 0.2) is 11.6 Å². The van der Waals surface area contributed by atoms with E-state index >= 15 is 0 Å². The summed E-state index contributed by atoms with van der Waals surface area (Å²) in [7, 11) is 1.55. The standard InChI is InChI=1S/C12H13N5O4/c1-7-13-11(15-14-7)6-16(2)12(19)8-3-4-9(17(20)21)10(18)5-8/h3-5,18H,6H2,1-2H3,(H,13,14,15). The first-order valence-corrected chi connectivity index (χ1v) is 5.99. The summed E-state index contributed by atoms with van der Waals surface area (Å²) in [5, 5.41) is 26.7. The SMILES string of the molecule is Cc1nc(CN(C)C(=O)c2ccc([N+](=O)[O-])c(O)c2)n[nH]1. The van der Waals surface area contributed by atoms with Crippen LogP contribution in [0.4, 0.5) is 5.69 Å². The van der Waals surface area contributed by atoms with E-state index in [-0.39, 0.29) is 12.1 Å². The Labute approximate surface area is 119 Å². The van der Waals surface area contributed by atoms with E-state index in [4.69, 9.17) is 0 Å². The van der Waals surface area contributed by atoms with Crippen molar-refractivity contribution in [2.45, 2.75) is 13.5 Å². The highest BCUT2D eigenvalue weighted by Gasteiger charge is 2.19. The normalized spacial score (nSPS) is 10.4. The molecule has 1 heterocycles. The summed E-state index contributed by atoms with van der Waals surface area (Å²) in [5.41, 5.74) is -0.299. The molecule has 0 aliphatic rings. The van der Waals surface area contributed by atoms with Crippen molar-refractivity contribution in [3.8, 4) is 5.75 Å². The Kier molecular flexibility index (Phi) is 3.83. The monoisotopic (exact) mass is 291 g/mol. The minimum atomic E-state index is -0.719. The van der Waals surface area contributed by atoms with Crippen LogP contribution < -0.4 is 0 Å². The first-order valence-electron chi connectivity index (χ1n) is 5.99. The van der Waals surface area contributed by atoms with Crippen molar-refractivity contribution < 1.29 is 14.8 Å². The number of H-pyrrole nitrogens is 1. The third kappa shape index (κ3) is 3.14. The van der Waals surface area contributed by atoms with Gasteiger partial charge in [-0.3, -0.25) is 20.0 Å². The van der Waals surface area contributed by atoms with Crippen molar-refractivity contribution in [3.05, 3.63) is 45.5 Å². The number of carbonyl (C=O) groups excluding carboxylic acids is 1. The van der Waals surface area contributed by atoms with Gasteiger partial charge in [0.1, 0.15) is 5.82 Å². The Morgan fingerprint density at radius 3 is 2.76 bits per heavy atom. The van der Waals surface area contributed by atoms with Gasteiger partial charge in [-0.2, -0.15) is 5.10 Å². The maximum atomic E-state index is 12.2. The summed E-state index contributed by atoms with van der Waals surface area (Å²) in [6, 6.07) is 3.45. The lowest BCUT2D eigenvalue weighted by atomic mass is 10.1. The second kappa shape index (κ2) is 5.57. The highest BCUT2D eigenvalue weighted by atomic mass is 16.6. The maximum Gasteiger partial charge on any atom is 0.310 e. The fourth-order valence-corrected chi connectivity index (χ4v) is 1.77. The number of aromatic amines is 1. The Balaban J connectivity index is 2.15. The lowest BCUT2D eigenvalue weighted by Crippen LogP contribution is -2.26. The lowest BCUT2D eigenvalue weighted by Gasteiger charge is -2.15. The molecule has 0 spiro atoms. The number of amides is 1. The molecule has 1 amide bonds. The summed E-state index contributed by atoms with van der Waals surface area (Å²) in [5.74, 6) is 0.143. The number of aromatic hydroxyl groups is 1. The molecule has 0 atom stereocenters. The van der Waals surface area contributed by atoms with Gasteiger partial charge in [0, 0.05) is 18.7 Å². The van der Waals surface area contributed by atoms with Crippen molar-refractivity contribution in [2.75, 3.05) is 7.05 Å². The molecule has 9 nitrogen and oxygen atoms in total. The molecule has 0 unspecified atom stereocenters. The Bertz CT molecular complexity index is 697. The second-order valence-corrected chi connectivity index (χ2v) is 4.46. The van der Waals surface area contributed by atoms with Crippen LogP contribution in [-0.4, -0.2) is 43.1 Å². The highest BCUT2D eigenvalue weighted by Crippen LogP contribution is 2.26. The molecule has 0 bridgehead atoms. The second-order valence-electron chi connectivity index (χ2n) is 4.46. The number of aryl methyl sites for hydroxylation is 1. The van der Waals surface area contributed by atoms with Crippen LogP contribution in [0.1, 0.15) is 22.0 Å². The number of carbonyl (C=O) groups is 1. The smallest absolute Gasteiger partial charge is 0.310 e. The van der Waals surface area contributed by atoms with E-state index in [0.29, 0.717) is 11.6 Å². The van der Waals surface area contributed by atoms with Gasteiger partial charge in [0.25, 0.3) is 5.91 Å². The quantitative estimate of drug-likeness (QED) is 0.639. The van der Waals surface area contributed by atoms with Gasteiger partial charge in [-0.1, -0.05) is 0 Å². The molecular formula is C12H13N5O4. The average Bonchev–Trinajstić information content (AvgIpc) is 2.82. The number of phenols is 1. The van der Waals surface area contributed by atoms with Gasteiger partial charge >= 0.3 is 5.69 Å². The molecular weight excluding hydrogens is 278 g/mol. The average molecular weight is 291 g/mol. The molecule has 0 fully saturated rings. The van der Waals surface area contributed by atoms with Crippen LogP contribution in [0.3, 0.4) is 0 Å². The summed E-state index contributed by atoms with van der Waals surface area (Å²) < 4.78 is 0. The van der Waals surface area contributed by atoms with Crippen LogP contribution in [0.2, 0.25) is 0 Å². The summed E-state index contributed by atoms with van der Waals surface area (Å²) in [4.78, 5) is 27.5. The van der Waals surface area contributed by atoms with Crippen molar-refractivity contribution in [3.63, 3.8) is 0 Å². The number of nitro groups is 1. The minimum Gasteiger partial charge on any atom is -0.502 e. The molecule has 1 aromatic carbocycles. The van der Waals surface area contributed by atoms with Crippen LogP contribution in [0.5, 0.6) is 5.75 Å². The molecule has 1 aromatic heterocycles. The highest BCUT2D eigenvalue weighted by molar-refractivity contribution is 5.94. The van der Waals surface area contributed by atoms with E-state index in [1.807, 2.05) is 0 Å². The van der Waals surface area contributed by atoms with E-state index in [0.717, 1.165) is 12.1 Å². The summed E-state index contributed by atoms with van der Waals surface area (Å²) in [6.45, 7) is 1.92. The van der Waals surface area contributed by atoms with E-state index in [9.17, 15) is 20.0 Å². The van der Waals surface area contributed by atoms with Crippen LogP contribution in [0.25, 0.3) is 0 Å². The van der Waals surface area contributed by atoms with E-state index < -0.39 is 22.3 Å². The molecule has 0 aliphatic heterocycles. The van der Waals surface area contributed by atoms with E-state index in [1.165, 1.54) is 11.0 Å². The largest absolute Gasteiger partial charge is 0.502 e. The van der Waals surface area contributed by atoms with Crippen molar-refractivity contribution in [1.82, 2.24) is 20.1 Å². The van der Waals surface area contributed by atoms with Gasteiger partial charge in [0.2, 0.25) is 0 Å². The number of nitro benzene ring substituents is 1. The van der Waals surface area contributed by atoms with Crippen LogP contribution in [0.15, 0.2) is 18.2 Å². The number of phenolic OH excluding ortho intramolecular Hbond substituents is 1. The molecule has 9 heteroatoms. The number of benzene rings is 1. The Morgan fingerprint density at radius 2 is 2.24 bits per heavy atom. The Morgan fingerprint density at radius 1 is 1.52 bits per heavy atom. The number of hydrogen-bond acceptors (Lipinski definition) is 6. The lowest BCUT2D eigenvalue weighted by molar-refractivity contribution is -0.385. The fraction of sp³-hybridized carbons (Fsp3) is 0.250. The molecule has 0 saturated heterocycles. The zero-order chi connectivity index (χ0) is 15.6. The van der Waals surface area contributed by atoms with Gasteiger partial charge in [-0.25, -0.2) is 4.98 Å². The molecule has 2 aromatic rings. The van der Waals surface area contributed by atoms with Gasteiger partial charge in [0.05, 0.1) is 11.5 Å². The molecule has 2 N–H and O–H groups in total. The number of aromatic nitrogens is 3. The van der Waals surface area contributed by atoms with E-state index in [1.54, 1.807) is 14.0 Å². The van der Waals surface area contributed by atoms with Gasteiger partial charge in [-0.05, 0) is 19.1 Å². The number of nitrogens with one attached hydrogen (secondary N) is 1. The van der Waals surface area contributed by atoms with Gasteiger partial charge < -0.3 is 10.0 Å². The number of nitrogens with zero attached hydrogens (tertiary/aromatic N) is 4. The third-order valence-corrected chi connectivity index (χ3v) is 2.79. The first kappa shape index (κ1) is 14.4. The fourth-order valence-electron chi connectivity index (χ4n) is 1.77. The Hall–Kier alpha value is -2.97. The van der Waals surface area contributed by atoms with Crippen molar-refractivity contribution in [1.29, 1.82) is 0 Å². The molecule has 110 valence electrons. The minimum absolute atomic E-state index is 0.146. The van der Waals surface area contributed by atoms with Gasteiger partial charge in [-0.15, -0.1) is 0 Å². The van der Waals surface area contributed by atoms with Crippen LogP contribution in [-0.2, 0) is 6.54 Å².